The number of aromatic amines is 1. The van der Waals surface area contributed by atoms with Crippen molar-refractivity contribution in [3.05, 3.63) is 36.0 Å². The standard InChI is InChI=1S/C20H24N4O4/c1-3-23-13-20(28-19(23)26)7-9-24(10-8-20)18(25)16-12-21-22-17(16)14-5-4-6-15(11-14)27-2/h4-6,11-12H,3,7-10,13H2,1-2H3,(H,21,22). The fourth-order valence-corrected chi connectivity index (χ4v) is 3.93. The van der Waals surface area contributed by atoms with Crippen LogP contribution in [0.3, 0.4) is 0 Å². The number of nitrogens with one attached hydrogen (secondary N) is 1. The second kappa shape index (κ2) is 7.18. The minimum absolute atomic E-state index is 0.0712. The largest absolute Gasteiger partial charge is 0.497 e. The minimum atomic E-state index is -0.462. The van der Waals surface area contributed by atoms with Crippen molar-refractivity contribution >= 4 is 12.0 Å². The van der Waals surface area contributed by atoms with Crippen LogP contribution in [0.4, 0.5) is 4.79 Å². The van der Waals surface area contributed by atoms with E-state index in [2.05, 4.69) is 10.2 Å². The molecule has 0 atom stereocenters. The number of carbonyl (C=O) groups is 2. The lowest BCUT2D eigenvalue weighted by Crippen LogP contribution is -2.48. The maximum atomic E-state index is 13.1. The van der Waals surface area contributed by atoms with Gasteiger partial charge < -0.3 is 19.3 Å². The Balaban J connectivity index is 1.48. The number of methoxy groups -OCH3 is 1. The number of hydrogen-bond donors (Lipinski definition) is 1. The van der Waals surface area contributed by atoms with Crippen LogP contribution < -0.4 is 4.74 Å². The average Bonchev–Trinajstić information content (AvgIpc) is 3.33. The summed E-state index contributed by atoms with van der Waals surface area (Å²) in [6, 6.07) is 7.51. The van der Waals surface area contributed by atoms with Gasteiger partial charge in [-0.2, -0.15) is 5.10 Å². The fourth-order valence-electron chi connectivity index (χ4n) is 3.93. The van der Waals surface area contributed by atoms with E-state index in [1.54, 1.807) is 18.2 Å². The van der Waals surface area contributed by atoms with E-state index in [-0.39, 0.29) is 12.0 Å². The molecule has 148 valence electrons. The lowest BCUT2D eigenvalue weighted by Gasteiger charge is -2.37. The summed E-state index contributed by atoms with van der Waals surface area (Å²) < 4.78 is 10.9. The Morgan fingerprint density at radius 1 is 1.36 bits per heavy atom. The second-order valence-corrected chi connectivity index (χ2v) is 7.25. The lowest BCUT2D eigenvalue weighted by atomic mass is 9.91. The summed E-state index contributed by atoms with van der Waals surface area (Å²) in [5.74, 6) is 0.645. The number of ether oxygens (including phenoxy) is 2. The number of aromatic nitrogens is 2. The Morgan fingerprint density at radius 2 is 2.14 bits per heavy atom. The molecule has 2 aliphatic rings. The summed E-state index contributed by atoms with van der Waals surface area (Å²) in [6.45, 7) is 4.28. The Hall–Kier alpha value is -3.03. The highest BCUT2D eigenvalue weighted by Crippen LogP contribution is 2.34. The van der Waals surface area contributed by atoms with E-state index in [4.69, 9.17) is 9.47 Å². The normalized spacial score (nSPS) is 18.4. The molecule has 8 heteroatoms. The van der Waals surface area contributed by atoms with E-state index in [1.807, 2.05) is 36.1 Å². The van der Waals surface area contributed by atoms with Crippen molar-refractivity contribution in [2.24, 2.45) is 0 Å². The molecule has 0 bridgehead atoms. The molecule has 2 amide bonds. The van der Waals surface area contributed by atoms with Gasteiger partial charge in [-0.25, -0.2) is 4.79 Å². The third kappa shape index (κ3) is 3.19. The van der Waals surface area contributed by atoms with Crippen molar-refractivity contribution < 1.29 is 19.1 Å². The van der Waals surface area contributed by atoms with Crippen LogP contribution in [0.2, 0.25) is 0 Å². The van der Waals surface area contributed by atoms with Crippen molar-refractivity contribution in [3.63, 3.8) is 0 Å². The molecule has 2 aromatic rings. The molecule has 1 aromatic carbocycles. The zero-order valence-electron chi connectivity index (χ0n) is 16.1. The van der Waals surface area contributed by atoms with Gasteiger partial charge in [-0.3, -0.25) is 9.89 Å². The molecule has 2 aliphatic heterocycles. The lowest BCUT2D eigenvalue weighted by molar-refractivity contribution is 0.00317. The molecule has 1 spiro atoms. The molecule has 1 aromatic heterocycles. The zero-order chi connectivity index (χ0) is 19.7. The minimum Gasteiger partial charge on any atom is -0.497 e. The first kappa shape index (κ1) is 18.3. The van der Waals surface area contributed by atoms with E-state index >= 15 is 0 Å². The summed E-state index contributed by atoms with van der Waals surface area (Å²) in [5.41, 5.74) is 1.59. The number of H-pyrrole nitrogens is 1. The van der Waals surface area contributed by atoms with Gasteiger partial charge in [0.1, 0.15) is 11.4 Å². The van der Waals surface area contributed by atoms with Crippen LogP contribution in [0.5, 0.6) is 5.75 Å². The summed E-state index contributed by atoms with van der Waals surface area (Å²) in [4.78, 5) is 28.6. The van der Waals surface area contributed by atoms with Gasteiger partial charge in [-0.15, -0.1) is 0 Å². The van der Waals surface area contributed by atoms with E-state index in [0.717, 1.165) is 5.56 Å². The second-order valence-electron chi connectivity index (χ2n) is 7.25. The number of amides is 2. The van der Waals surface area contributed by atoms with Gasteiger partial charge >= 0.3 is 6.09 Å². The molecule has 1 N–H and O–H groups in total. The van der Waals surface area contributed by atoms with Crippen LogP contribution in [-0.4, -0.2) is 70.9 Å². The summed E-state index contributed by atoms with van der Waals surface area (Å²) in [6.07, 6.45) is 2.61. The van der Waals surface area contributed by atoms with Crippen molar-refractivity contribution in [1.82, 2.24) is 20.0 Å². The van der Waals surface area contributed by atoms with Crippen LogP contribution in [0.25, 0.3) is 11.3 Å². The van der Waals surface area contributed by atoms with Crippen molar-refractivity contribution in [2.75, 3.05) is 33.3 Å². The van der Waals surface area contributed by atoms with Gasteiger partial charge in [-0.05, 0) is 19.1 Å². The number of likely N-dealkylation sites (N-methyl/N-ethyl adjacent to an activating group) is 1. The number of benzene rings is 1. The highest BCUT2D eigenvalue weighted by atomic mass is 16.6. The van der Waals surface area contributed by atoms with Gasteiger partial charge in [0, 0.05) is 38.0 Å². The number of piperidine rings is 1. The van der Waals surface area contributed by atoms with Crippen LogP contribution in [0.15, 0.2) is 30.5 Å². The molecular formula is C20H24N4O4. The van der Waals surface area contributed by atoms with Crippen molar-refractivity contribution in [3.8, 4) is 17.0 Å². The quantitative estimate of drug-likeness (QED) is 0.875. The fraction of sp³-hybridized carbons (Fsp3) is 0.450. The van der Waals surface area contributed by atoms with Crippen molar-refractivity contribution in [2.45, 2.75) is 25.4 Å². The molecule has 28 heavy (non-hydrogen) atoms. The monoisotopic (exact) mass is 384 g/mol. The Labute approximate surface area is 163 Å². The predicted molar refractivity (Wildman–Crippen MR) is 102 cm³/mol. The SMILES string of the molecule is CCN1CC2(CCN(C(=O)c3cn[nH]c3-c3cccc(OC)c3)CC2)OC1=O. The molecule has 0 radical (unpaired) electrons. The molecule has 0 saturated carbocycles. The number of rotatable bonds is 4. The first-order chi connectivity index (χ1) is 13.5. The van der Waals surface area contributed by atoms with E-state index in [9.17, 15) is 9.59 Å². The summed E-state index contributed by atoms with van der Waals surface area (Å²) in [7, 11) is 1.61. The molecule has 3 heterocycles. The van der Waals surface area contributed by atoms with Gasteiger partial charge in [0.15, 0.2) is 0 Å². The zero-order valence-corrected chi connectivity index (χ0v) is 16.1. The van der Waals surface area contributed by atoms with E-state index in [0.29, 0.717) is 56.0 Å². The van der Waals surface area contributed by atoms with Crippen LogP contribution >= 0.6 is 0 Å². The third-order valence-electron chi connectivity index (χ3n) is 5.61. The van der Waals surface area contributed by atoms with E-state index < -0.39 is 5.60 Å². The molecule has 8 nitrogen and oxygen atoms in total. The number of likely N-dealkylation sites (tertiary alicyclic amines) is 1. The van der Waals surface area contributed by atoms with Crippen LogP contribution in [0.1, 0.15) is 30.1 Å². The third-order valence-corrected chi connectivity index (χ3v) is 5.61. The Bertz CT molecular complexity index is 886. The topological polar surface area (TPSA) is 87.8 Å². The van der Waals surface area contributed by atoms with Gasteiger partial charge in [-0.1, -0.05) is 12.1 Å². The number of hydrogen-bond acceptors (Lipinski definition) is 5. The van der Waals surface area contributed by atoms with Gasteiger partial charge in [0.05, 0.1) is 31.1 Å². The number of nitrogens with zero attached hydrogens (tertiary/aromatic N) is 3. The maximum absolute atomic E-state index is 13.1. The molecule has 2 fully saturated rings. The first-order valence-corrected chi connectivity index (χ1v) is 9.50. The molecule has 4 rings (SSSR count). The highest BCUT2D eigenvalue weighted by molar-refractivity contribution is 5.99. The predicted octanol–water partition coefficient (Wildman–Crippen LogP) is 2.53. The average molecular weight is 384 g/mol. The molecule has 2 saturated heterocycles. The maximum Gasteiger partial charge on any atom is 0.410 e. The molecular weight excluding hydrogens is 360 g/mol. The smallest absolute Gasteiger partial charge is 0.410 e. The van der Waals surface area contributed by atoms with E-state index in [1.165, 1.54) is 0 Å². The summed E-state index contributed by atoms with van der Waals surface area (Å²) in [5, 5.41) is 7.01. The Kier molecular flexibility index (Phi) is 4.70. The Morgan fingerprint density at radius 3 is 2.82 bits per heavy atom. The van der Waals surface area contributed by atoms with Crippen LogP contribution in [-0.2, 0) is 4.74 Å². The molecule has 0 unspecified atom stereocenters. The molecule has 0 aliphatic carbocycles. The first-order valence-electron chi connectivity index (χ1n) is 9.50. The van der Waals surface area contributed by atoms with Crippen molar-refractivity contribution in [1.29, 1.82) is 0 Å². The van der Waals surface area contributed by atoms with Gasteiger partial charge in [0.2, 0.25) is 0 Å². The number of carbonyl (C=O) groups excluding carboxylic acids is 2. The summed E-state index contributed by atoms with van der Waals surface area (Å²) >= 11 is 0. The van der Waals surface area contributed by atoms with Crippen LogP contribution in [0, 0.1) is 0 Å². The highest BCUT2D eigenvalue weighted by Gasteiger charge is 2.47. The van der Waals surface area contributed by atoms with Gasteiger partial charge in [0.25, 0.3) is 5.91 Å².